The van der Waals surface area contributed by atoms with Gasteiger partial charge in [0.15, 0.2) is 0 Å². The summed E-state index contributed by atoms with van der Waals surface area (Å²) in [7, 11) is 0. The fourth-order valence-electron chi connectivity index (χ4n) is 1.61. The third-order valence-electron chi connectivity index (χ3n) is 2.68. The van der Waals surface area contributed by atoms with Crippen molar-refractivity contribution in [2.75, 3.05) is 5.32 Å². The molecule has 0 unspecified atom stereocenters. The Labute approximate surface area is 119 Å². The normalized spacial score (nSPS) is 10.4. The minimum absolute atomic E-state index is 0.209. The summed E-state index contributed by atoms with van der Waals surface area (Å²) < 4.78 is 14.4. The molecule has 2 aromatic carbocycles. The van der Waals surface area contributed by atoms with Crippen LogP contribution in [0.5, 0.6) is 0 Å². The monoisotopic (exact) mass is 327 g/mol. The Hall–Kier alpha value is -1.06. The Morgan fingerprint density at radius 1 is 1.28 bits per heavy atom. The Bertz CT molecular complexity index is 572. The molecule has 1 nitrogen and oxygen atoms in total. The van der Waals surface area contributed by atoms with Gasteiger partial charge in [0.2, 0.25) is 0 Å². The minimum Gasteiger partial charge on any atom is -0.380 e. The van der Waals surface area contributed by atoms with Gasteiger partial charge in [-0.2, -0.15) is 0 Å². The molecule has 0 radical (unpaired) electrons. The molecule has 0 aliphatic heterocycles. The van der Waals surface area contributed by atoms with E-state index in [4.69, 9.17) is 11.6 Å². The van der Waals surface area contributed by atoms with E-state index in [9.17, 15) is 4.39 Å². The van der Waals surface area contributed by atoms with Crippen LogP contribution < -0.4 is 5.32 Å². The fraction of sp³-hybridized carbons (Fsp3) is 0.143. The zero-order valence-electron chi connectivity index (χ0n) is 9.81. The predicted octanol–water partition coefficient (Wildman–Crippen LogP) is 5.16. The third-order valence-corrected chi connectivity index (χ3v) is 3.74. The van der Waals surface area contributed by atoms with E-state index < -0.39 is 0 Å². The fourth-order valence-corrected chi connectivity index (χ4v) is 2.38. The molecule has 0 saturated carbocycles. The molecule has 0 aliphatic carbocycles. The van der Waals surface area contributed by atoms with Crippen molar-refractivity contribution in [2.24, 2.45) is 0 Å². The molecular formula is C14H12BrClFN. The van der Waals surface area contributed by atoms with Gasteiger partial charge in [-0.3, -0.25) is 0 Å². The average Bonchev–Trinajstić information content (AvgIpc) is 2.34. The lowest BCUT2D eigenvalue weighted by Gasteiger charge is -2.11. The molecule has 2 rings (SSSR count). The lowest BCUT2D eigenvalue weighted by atomic mass is 10.2. The summed E-state index contributed by atoms with van der Waals surface area (Å²) >= 11 is 9.52. The first-order chi connectivity index (χ1) is 8.58. The van der Waals surface area contributed by atoms with Gasteiger partial charge >= 0.3 is 0 Å². The van der Waals surface area contributed by atoms with Crippen LogP contribution in [0.2, 0.25) is 5.02 Å². The number of benzene rings is 2. The van der Waals surface area contributed by atoms with Crippen LogP contribution in [0.3, 0.4) is 0 Å². The molecule has 0 aromatic heterocycles. The Morgan fingerprint density at radius 3 is 2.72 bits per heavy atom. The molecule has 0 amide bonds. The second-order valence-electron chi connectivity index (χ2n) is 4.03. The van der Waals surface area contributed by atoms with Crippen LogP contribution in [0.4, 0.5) is 10.1 Å². The maximum atomic E-state index is 13.5. The van der Waals surface area contributed by atoms with E-state index in [-0.39, 0.29) is 5.82 Å². The van der Waals surface area contributed by atoms with Gasteiger partial charge in [-0.25, -0.2) is 4.39 Å². The molecular weight excluding hydrogens is 317 g/mol. The van der Waals surface area contributed by atoms with Gasteiger partial charge in [0.05, 0.1) is 5.69 Å². The molecule has 0 bridgehead atoms. The summed E-state index contributed by atoms with van der Waals surface area (Å²) in [5.41, 5.74) is 2.48. The van der Waals surface area contributed by atoms with Crippen molar-refractivity contribution < 1.29 is 4.39 Å². The Balaban J connectivity index is 2.16. The number of aryl methyl sites for hydroxylation is 1. The Kier molecular flexibility index (Phi) is 4.25. The zero-order valence-corrected chi connectivity index (χ0v) is 12.1. The summed E-state index contributed by atoms with van der Waals surface area (Å²) in [6, 6.07) is 10.5. The number of hydrogen-bond acceptors (Lipinski definition) is 1. The van der Waals surface area contributed by atoms with Gasteiger partial charge in [-0.15, -0.1) is 0 Å². The van der Waals surface area contributed by atoms with E-state index >= 15 is 0 Å². The maximum Gasteiger partial charge on any atom is 0.128 e. The summed E-state index contributed by atoms with van der Waals surface area (Å²) in [5.74, 6) is -0.209. The van der Waals surface area contributed by atoms with Crippen LogP contribution in [0.15, 0.2) is 40.9 Å². The molecule has 18 heavy (non-hydrogen) atoms. The smallest absolute Gasteiger partial charge is 0.128 e. The number of halogens is 3. The predicted molar refractivity (Wildman–Crippen MR) is 77.6 cm³/mol. The summed E-state index contributed by atoms with van der Waals surface area (Å²) in [4.78, 5) is 0. The largest absolute Gasteiger partial charge is 0.380 e. The van der Waals surface area contributed by atoms with Gasteiger partial charge in [-0.1, -0.05) is 29.8 Å². The number of hydrogen-bond donors (Lipinski definition) is 1. The van der Waals surface area contributed by atoms with Gasteiger partial charge in [0, 0.05) is 21.6 Å². The van der Waals surface area contributed by atoms with E-state index in [0.29, 0.717) is 17.1 Å². The standard InChI is InChI=1S/C14H12BrClFN/c1-9-6-11(15)14(7-12(9)16)18-8-10-4-2-3-5-13(10)17/h2-7,18H,8H2,1H3. The maximum absolute atomic E-state index is 13.5. The van der Waals surface area contributed by atoms with E-state index in [1.807, 2.05) is 25.1 Å². The number of anilines is 1. The highest BCUT2D eigenvalue weighted by Crippen LogP contribution is 2.29. The van der Waals surface area contributed by atoms with E-state index in [2.05, 4.69) is 21.2 Å². The van der Waals surface area contributed by atoms with Crippen molar-refractivity contribution in [1.29, 1.82) is 0 Å². The molecule has 0 fully saturated rings. The van der Waals surface area contributed by atoms with Gasteiger partial charge in [-0.05, 0) is 46.6 Å². The van der Waals surface area contributed by atoms with Crippen molar-refractivity contribution >= 4 is 33.2 Å². The molecule has 0 atom stereocenters. The quantitative estimate of drug-likeness (QED) is 0.820. The van der Waals surface area contributed by atoms with E-state index in [0.717, 1.165) is 15.7 Å². The number of rotatable bonds is 3. The topological polar surface area (TPSA) is 12.0 Å². The van der Waals surface area contributed by atoms with Crippen LogP contribution in [-0.4, -0.2) is 0 Å². The van der Waals surface area contributed by atoms with Crippen LogP contribution in [0.1, 0.15) is 11.1 Å². The molecule has 0 heterocycles. The van der Waals surface area contributed by atoms with Crippen LogP contribution in [-0.2, 0) is 6.54 Å². The molecule has 0 spiro atoms. The third kappa shape index (κ3) is 3.03. The highest BCUT2D eigenvalue weighted by atomic mass is 79.9. The average molecular weight is 329 g/mol. The van der Waals surface area contributed by atoms with Crippen LogP contribution in [0.25, 0.3) is 0 Å². The van der Waals surface area contributed by atoms with Crippen LogP contribution in [0, 0.1) is 12.7 Å². The lowest BCUT2D eigenvalue weighted by molar-refractivity contribution is 0.613. The second kappa shape index (κ2) is 5.72. The van der Waals surface area contributed by atoms with Crippen LogP contribution >= 0.6 is 27.5 Å². The van der Waals surface area contributed by atoms with Crippen molar-refractivity contribution in [2.45, 2.75) is 13.5 Å². The Morgan fingerprint density at radius 2 is 2.00 bits per heavy atom. The SMILES string of the molecule is Cc1cc(Br)c(NCc2ccccc2F)cc1Cl. The summed E-state index contributed by atoms with van der Waals surface area (Å²) in [6.07, 6.45) is 0. The first-order valence-electron chi connectivity index (χ1n) is 5.51. The van der Waals surface area contributed by atoms with Gasteiger partial charge in [0.25, 0.3) is 0 Å². The molecule has 1 N–H and O–H groups in total. The lowest BCUT2D eigenvalue weighted by Crippen LogP contribution is -2.02. The van der Waals surface area contributed by atoms with Crippen molar-refractivity contribution in [3.05, 3.63) is 62.8 Å². The summed E-state index contributed by atoms with van der Waals surface area (Å²) in [5, 5.41) is 3.86. The van der Waals surface area contributed by atoms with Gasteiger partial charge < -0.3 is 5.32 Å². The molecule has 0 aliphatic rings. The number of nitrogens with one attached hydrogen (secondary N) is 1. The van der Waals surface area contributed by atoms with E-state index in [1.54, 1.807) is 12.1 Å². The summed E-state index contributed by atoms with van der Waals surface area (Å²) in [6.45, 7) is 2.36. The molecule has 4 heteroatoms. The molecule has 0 saturated heterocycles. The minimum atomic E-state index is -0.209. The second-order valence-corrected chi connectivity index (χ2v) is 5.29. The first-order valence-corrected chi connectivity index (χ1v) is 6.68. The zero-order chi connectivity index (χ0) is 13.1. The molecule has 94 valence electrons. The van der Waals surface area contributed by atoms with E-state index in [1.165, 1.54) is 6.07 Å². The first kappa shape index (κ1) is 13.4. The highest BCUT2D eigenvalue weighted by molar-refractivity contribution is 9.10. The van der Waals surface area contributed by atoms with Crippen molar-refractivity contribution in [3.63, 3.8) is 0 Å². The van der Waals surface area contributed by atoms with Crippen molar-refractivity contribution in [1.82, 2.24) is 0 Å². The molecule has 2 aromatic rings. The van der Waals surface area contributed by atoms with Gasteiger partial charge in [0.1, 0.15) is 5.82 Å². The highest BCUT2D eigenvalue weighted by Gasteiger charge is 2.05. The van der Waals surface area contributed by atoms with Crippen molar-refractivity contribution in [3.8, 4) is 0 Å².